The molecule has 1 amide bonds. The summed E-state index contributed by atoms with van der Waals surface area (Å²) in [5.41, 5.74) is 4.76. The lowest BCUT2D eigenvalue weighted by molar-refractivity contribution is 0.0523. The highest BCUT2D eigenvalue weighted by Crippen LogP contribution is 2.16. The normalized spacial score (nSPS) is 12.9. The smallest absolute Gasteiger partial charge is 0.407 e. The van der Waals surface area contributed by atoms with Crippen LogP contribution in [0.1, 0.15) is 49.9 Å². The first kappa shape index (κ1) is 18.5. The number of hydrogen-bond donors (Lipinski definition) is 2. The van der Waals surface area contributed by atoms with Gasteiger partial charge in [0.1, 0.15) is 5.60 Å². The summed E-state index contributed by atoms with van der Waals surface area (Å²) < 4.78 is 5.22. The summed E-state index contributed by atoms with van der Waals surface area (Å²) in [5, 5.41) is 6.24. The van der Waals surface area contributed by atoms with E-state index >= 15 is 0 Å². The van der Waals surface area contributed by atoms with Gasteiger partial charge in [0.25, 0.3) is 0 Å². The summed E-state index contributed by atoms with van der Waals surface area (Å²) in [6, 6.07) is 4.58. The van der Waals surface area contributed by atoms with Gasteiger partial charge in [-0.15, -0.1) is 0 Å². The molecule has 1 aromatic rings. The molecule has 4 heteroatoms. The summed E-state index contributed by atoms with van der Waals surface area (Å²) >= 11 is 0. The molecule has 0 radical (unpaired) electrons. The average Bonchev–Trinajstić information content (AvgIpc) is 2.32. The SMILES string of the molecule is Cc1cc(C)c(CNC(C)CNC(=O)OC(C)(C)C)c(C)c1. The lowest BCUT2D eigenvalue weighted by atomic mass is 9.99. The third kappa shape index (κ3) is 6.48. The van der Waals surface area contributed by atoms with Crippen molar-refractivity contribution in [2.45, 2.75) is 66.7 Å². The number of rotatable bonds is 5. The molecular weight excluding hydrogens is 276 g/mol. The second-order valence-electron chi connectivity index (χ2n) is 7.04. The van der Waals surface area contributed by atoms with Gasteiger partial charge in [0.15, 0.2) is 0 Å². The van der Waals surface area contributed by atoms with Gasteiger partial charge in [-0.3, -0.25) is 0 Å². The van der Waals surface area contributed by atoms with Crippen LogP contribution in [0.4, 0.5) is 4.79 Å². The molecule has 1 atom stereocenters. The van der Waals surface area contributed by atoms with Gasteiger partial charge in [0, 0.05) is 19.1 Å². The van der Waals surface area contributed by atoms with E-state index in [1.54, 1.807) is 0 Å². The van der Waals surface area contributed by atoms with E-state index < -0.39 is 5.60 Å². The van der Waals surface area contributed by atoms with Crippen molar-refractivity contribution < 1.29 is 9.53 Å². The largest absolute Gasteiger partial charge is 0.444 e. The molecule has 1 aromatic carbocycles. The van der Waals surface area contributed by atoms with Gasteiger partial charge in [0.05, 0.1) is 0 Å². The number of amides is 1. The Morgan fingerprint density at radius 2 is 1.73 bits per heavy atom. The van der Waals surface area contributed by atoms with E-state index in [4.69, 9.17) is 4.74 Å². The van der Waals surface area contributed by atoms with Crippen LogP contribution in [-0.4, -0.2) is 24.3 Å². The van der Waals surface area contributed by atoms with Gasteiger partial charge in [0.2, 0.25) is 0 Å². The molecule has 22 heavy (non-hydrogen) atoms. The molecule has 2 N–H and O–H groups in total. The van der Waals surface area contributed by atoms with Crippen molar-refractivity contribution in [2.24, 2.45) is 0 Å². The average molecular weight is 306 g/mol. The predicted octanol–water partition coefficient (Wildman–Crippen LogP) is 3.61. The summed E-state index contributed by atoms with van der Waals surface area (Å²) in [6.07, 6.45) is -0.371. The molecule has 0 saturated heterocycles. The molecule has 0 aliphatic rings. The number of hydrogen-bond acceptors (Lipinski definition) is 3. The van der Waals surface area contributed by atoms with Gasteiger partial charge in [-0.05, 0) is 65.2 Å². The minimum atomic E-state index is -0.461. The van der Waals surface area contributed by atoms with Crippen LogP contribution in [0.5, 0.6) is 0 Å². The Labute approximate surface area is 134 Å². The summed E-state index contributed by atoms with van der Waals surface area (Å²) in [5.74, 6) is 0. The van der Waals surface area contributed by atoms with Crippen LogP contribution in [0, 0.1) is 20.8 Å². The van der Waals surface area contributed by atoms with Crippen molar-refractivity contribution in [3.8, 4) is 0 Å². The molecule has 1 rings (SSSR count). The quantitative estimate of drug-likeness (QED) is 0.873. The summed E-state index contributed by atoms with van der Waals surface area (Å²) in [7, 11) is 0. The van der Waals surface area contributed by atoms with Crippen LogP contribution in [0.15, 0.2) is 12.1 Å². The lowest BCUT2D eigenvalue weighted by Gasteiger charge is -2.21. The van der Waals surface area contributed by atoms with E-state index in [1.807, 2.05) is 20.8 Å². The third-order valence-electron chi connectivity index (χ3n) is 3.42. The molecule has 0 saturated carbocycles. The fraction of sp³-hybridized carbons (Fsp3) is 0.611. The van der Waals surface area contributed by atoms with Gasteiger partial charge in [-0.1, -0.05) is 17.7 Å². The van der Waals surface area contributed by atoms with E-state index in [0.717, 1.165) is 6.54 Å². The highest BCUT2D eigenvalue weighted by molar-refractivity contribution is 5.67. The number of carbonyl (C=O) groups is 1. The van der Waals surface area contributed by atoms with Crippen LogP contribution < -0.4 is 10.6 Å². The minimum absolute atomic E-state index is 0.174. The molecule has 0 aromatic heterocycles. The second-order valence-corrected chi connectivity index (χ2v) is 7.04. The van der Waals surface area contributed by atoms with Gasteiger partial charge < -0.3 is 15.4 Å². The molecule has 0 bridgehead atoms. The summed E-state index contributed by atoms with van der Waals surface area (Å²) in [4.78, 5) is 11.6. The Kier molecular flexibility index (Phi) is 6.42. The van der Waals surface area contributed by atoms with Crippen LogP contribution in [0.2, 0.25) is 0 Å². The number of alkyl carbamates (subject to hydrolysis) is 1. The van der Waals surface area contributed by atoms with Crippen molar-refractivity contribution >= 4 is 6.09 Å². The number of nitrogens with one attached hydrogen (secondary N) is 2. The number of aryl methyl sites for hydroxylation is 3. The molecule has 0 aliphatic carbocycles. The Balaban J connectivity index is 2.44. The maximum atomic E-state index is 11.6. The topological polar surface area (TPSA) is 50.4 Å². The molecule has 1 unspecified atom stereocenters. The number of ether oxygens (including phenoxy) is 1. The monoisotopic (exact) mass is 306 g/mol. The predicted molar refractivity (Wildman–Crippen MR) is 91.2 cm³/mol. The molecule has 124 valence electrons. The van der Waals surface area contributed by atoms with Crippen molar-refractivity contribution in [2.75, 3.05) is 6.54 Å². The van der Waals surface area contributed by atoms with E-state index in [2.05, 4.69) is 50.5 Å². The maximum absolute atomic E-state index is 11.6. The molecular formula is C18H30N2O2. The lowest BCUT2D eigenvalue weighted by Crippen LogP contribution is -2.41. The standard InChI is InChI=1S/C18H30N2O2/c1-12-8-13(2)16(14(3)9-12)11-19-15(4)10-20-17(21)22-18(5,6)7/h8-9,15,19H,10-11H2,1-7H3,(H,20,21). The van der Waals surface area contributed by atoms with Crippen molar-refractivity contribution in [3.63, 3.8) is 0 Å². The molecule has 0 fully saturated rings. The highest BCUT2D eigenvalue weighted by Gasteiger charge is 2.16. The van der Waals surface area contributed by atoms with E-state index in [-0.39, 0.29) is 12.1 Å². The number of carbonyl (C=O) groups excluding carboxylic acids is 1. The third-order valence-corrected chi connectivity index (χ3v) is 3.42. The maximum Gasteiger partial charge on any atom is 0.407 e. The van der Waals surface area contributed by atoms with Gasteiger partial charge >= 0.3 is 6.09 Å². The Hall–Kier alpha value is -1.55. The molecule has 0 heterocycles. The molecule has 0 aliphatic heterocycles. The molecule has 0 spiro atoms. The highest BCUT2D eigenvalue weighted by atomic mass is 16.6. The van der Waals surface area contributed by atoms with Crippen LogP contribution in [0.3, 0.4) is 0 Å². The van der Waals surface area contributed by atoms with E-state index in [0.29, 0.717) is 6.54 Å². The van der Waals surface area contributed by atoms with Crippen LogP contribution in [0.25, 0.3) is 0 Å². The fourth-order valence-corrected chi connectivity index (χ4v) is 2.39. The van der Waals surface area contributed by atoms with E-state index in [9.17, 15) is 4.79 Å². The Bertz CT molecular complexity index is 495. The Morgan fingerprint density at radius 1 is 1.18 bits per heavy atom. The number of benzene rings is 1. The first-order valence-corrected chi connectivity index (χ1v) is 7.85. The summed E-state index contributed by atoms with van der Waals surface area (Å²) in [6.45, 7) is 15.4. The minimum Gasteiger partial charge on any atom is -0.444 e. The van der Waals surface area contributed by atoms with Crippen molar-refractivity contribution in [1.82, 2.24) is 10.6 Å². The zero-order chi connectivity index (χ0) is 16.9. The van der Waals surface area contributed by atoms with Crippen LogP contribution in [-0.2, 0) is 11.3 Å². The van der Waals surface area contributed by atoms with Crippen molar-refractivity contribution in [1.29, 1.82) is 0 Å². The van der Waals surface area contributed by atoms with E-state index in [1.165, 1.54) is 22.3 Å². The Morgan fingerprint density at radius 3 is 2.23 bits per heavy atom. The first-order chi connectivity index (χ1) is 10.1. The van der Waals surface area contributed by atoms with Gasteiger partial charge in [-0.25, -0.2) is 4.79 Å². The van der Waals surface area contributed by atoms with Crippen molar-refractivity contribution in [3.05, 3.63) is 34.4 Å². The molecule has 4 nitrogen and oxygen atoms in total. The van der Waals surface area contributed by atoms with Gasteiger partial charge in [-0.2, -0.15) is 0 Å². The zero-order valence-electron chi connectivity index (χ0n) is 15.0. The second kappa shape index (κ2) is 7.63. The first-order valence-electron chi connectivity index (χ1n) is 7.85. The zero-order valence-corrected chi connectivity index (χ0v) is 15.0. The van der Waals surface area contributed by atoms with Crippen LogP contribution >= 0.6 is 0 Å². The fourth-order valence-electron chi connectivity index (χ4n) is 2.39.